The molecule has 130 valence electrons. The SMILES string of the molecule is Cc1nc(CNC(=O)[C@@H](C)n2cc(COc3ccccc3)nn2)cs1. The number of rotatable bonds is 7. The van der Waals surface area contributed by atoms with Crippen molar-refractivity contribution in [3.63, 3.8) is 0 Å². The summed E-state index contributed by atoms with van der Waals surface area (Å²) < 4.78 is 7.16. The minimum atomic E-state index is -0.460. The van der Waals surface area contributed by atoms with Gasteiger partial charge in [0.2, 0.25) is 5.91 Å². The Morgan fingerprint density at radius 2 is 2.12 bits per heavy atom. The Hall–Kier alpha value is -2.74. The molecule has 0 aliphatic carbocycles. The van der Waals surface area contributed by atoms with Gasteiger partial charge in [0.05, 0.1) is 23.4 Å². The third kappa shape index (κ3) is 4.63. The van der Waals surface area contributed by atoms with Gasteiger partial charge in [-0.2, -0.15) is 0 Å². The van der Waals surface area contributed by atoms with Gasteiger partial charge in [0.1, 0.15) is 24.1 Å². The normalized spacial score (nSPS) is 11.9. The van der Waals surface area contributed by atoms with Gasteiger partial charge < -0.3 is 10.1 Å². The predicted octanol–water partition coefficient (Wildman–Crippen LogP) is 2.50. The van der Waals surface area contributed by atoms with E-state index in [-0.39, 0.29) is 5.91 Å². The first-order chi connectivity index (χ1) is 12.1. The summed E-state index contributed by atoms with van der Waals surface area (Å²) in [7, 11) is 0. The van der Waals surface area contributed by atoms with Gasteiger partial charge in [0, 0.05) is 5.38 Å². The van der Waals surface area contributed by atoms with Crippen molar-refractivity contribution in [2.75, 3.05) is 0 Å². The van der Waals surface area contributed by atoms with Crippen LogP contribution in [0.3, 0.4) is 0 Å². The van der Waals surface area contributed by atoms with E-state index < -0.39 is 6.04 Å². The molecule has 7 nitrogen and oxygen atoms in total. The summed E-state index contributed by atoms with van der Waals surface area (Å²) in [4.78, 5) is 16.6. The van der Waals surface area contributed by atoms with E-state index in [9.17, 15) is 4.79 Å². The zero-order valence-corrected chi connectivity index (χ0v) is 14.9. The summed E-state index contributed by atoms with van der Waals surface area (Å²) >= 11 is 1.56. The number of para-hydroxylation sites is 1. The highest BCUT2D eigenvalue weighted by molar-refractivity contribution is 7.09. The molecular weight excluding hydrogens is 338 g/mol. The zero-order chi connectivity index (χ0) is 17.6. The van der Waals surface area contributed by atoms with E-state index in [4.69, 9.17) is 4.74 Å². The van der Waals surface area contributed by atoms with Gasteiger partial charge >= 0.3 is 0 Å². The summed E-state index contributed by atoms with van der Waals surface area (Å²) in [5.41, 5.74) is 1.53. The van der Waals surface area contributed by atoms with Crippen LogP contribution in [0.4, 0.5) is 0 Å². The number of hydrogen-bond donors (Lipinski definition) is 1. The second kappa shape index (κ2) is 7.89. The molecule has 3 aromatic rings. The number of nitrogens with one attached hydrogen (secondary N) is 1. The Morgan fingerprint density at radius 3 is 2.84 bits per heavy atom. The molecule has 0 saturated heterocycles. The number of ether oxygens (including phenoxy) is 1. The molecule has 0 unspecified atom stereocenters. The number of amides is 1. The van der Waals surface area contributed by atoms with Crippen LogP contribution in [-0.2, 0) is 17.9 Å². The van der Waals surface area contributed by atoms with Gasteiger partial charge in [0.15, 0.2) is 0 Å². The third-order valence-electron chi connectivity index (χ3n) is 3.57. The molecule has 8 heteroatoms. The molecule has 1 amide bonds. The molecule has 0 fully saturated rings. The predicted molar refractivity (Wildman–Crippen MR) is 94.2 cm³/mol. The zero-order valence-electron chi connectivity index (χ0n) is 14.0. The fourth-order valence-corrected chi connectivity index (χ4v) is 2.79. The highest BCUT2D eigenvalue weighted by Crippen LogP contribution is 2.12. The van der Waals surface area contributed by atoms with Crippen molar-refractivity contribution >= 4 is 17.2 Å². The quantitative estimate of drug-likeness (QED) is 0.702. The number of thiazole rings is 1. The Morgan fingerprint density at radius 1 is 1.32 bits per heavy atom. The summed E-state index contributed by atoms with van der Waals surface area (Å²) in [6.45, 7) is 4.42. The maximum absolute atomic E-state index is 12.3. The van der Waals surface area contributed by atoms with Crippen molar-refractivity contribution in [3.8, 4) is 5.75 Å². The highest BCUT2D eigenvalue weighted by atomic mass is 32.1. The van der Waals surface area contributed by atoms with Crippen molar-refractivity contribution in [3.05, 3.63) is 58.3 Å². The second-order valence-corrected chi connectivity index (χ2v) is 6.61. The average Bonchev–Trinajstić information content (AvgIpc) is 3.27. The van der Waals surface area contributed by atoms with Gasteiger partial charge in [-0.25, -0.2) is 9.67 Å². The first-order valence-electron chi connectivity index (χ1n) is 7.89. The maximum atomic E-state index is 12.3. The molecule has 0 aliphatic heterocycles. The minimum Gasteiger partial charge on any atom is -0.487 e. The lowest BCUT2D eigenvalue weighted by molar-refractivity contribution is -0.124. The van der Waals surface area contributed by atoms with Crippen LogP contribution in [0.15, 0.2) is 41.9 Å². The minimum absolute atomic E-state index is 0.133. The molecule has 0 bridgehead atoms. The van der Waals surface area contributed by atoms with Crippen LogP contribution < -0.4 is 10.1 Å². The van der Waals surface area contributed by atoms with E-state index in [0.717, 1.165) is 16.5 Å². The Bertz CT molecular complexity index is 830. The van der Waals surface area contributed by atoms with Crippen molar-refractivity contribution in [1.29, 1.82) is 0 Å². The fraction of sp³-hybridized carbons (Fsp3) is 0.294. The van der Waals surface area contributed by atoms with Crippen LogP contribution in [0.1, 0.15) is 29.4 Å². The summed E-state index contributed by atoms with van der Waals surface area (Å²) in [6.07, 6.45) is 1.72. The number of benzene rings is 1. The molecule has 1 N–H and O–H groups in total. The van der Waals surface area contributed by atoms with Gasteiger partial charge in [-0.1, -0.05) is 23.4 Å². The van der Waals surface area contributed by atoms with Gasteiger partial charge in [-0.15, -0.1) is 16.4 Å². The second-order valence-electron chi connectivity index (χ2n) is 5.54. The summed E-state index contributed by atoms with van der Waals surface area (Å²) in [5.74, 6) is 0.632. The van der Waals surface area contributed by atoms with E-state index in [2.05, 4.69) is 20.6 Å². The topological polar surface area (TPSA) is 81.9 Å². The van der Waals surface area contributed by atoms with Crippen molar-refractivity contribution in [1.82, 2.24) is 25.3 Å². The smallest absolute Gasteiger partial charge is 0.244 e. The highest BCUT2D eigenvalue weighted by Gasteiger charge is 2.17. The van der Waals surface area contributed by atoms with Gasteiger partial charge in [-0.05, 0) is 26.0 Å². The van der Waals surface area contributed by atoms with E-state index in [0.29, 0.717) is 18.8 Å². The maximum Gasteiger partial charge on any atom is 0.244 e. The van der Waals surface area contributed by atoms with Crippen LogP contribution in [0.25, 0.3) is 0 Å². The first-order valence-corrected chi connectivity index (χ1v) is 8.77. The largest absolute Gasteiger partial charge is 0.487 e. The molecular formula is C17H19N5O2S. The van der Waals surface area contributed by atoms with E-state index >= 15 is 0 Å². The van der Waals surface area contributed by atoms with Crippen molar-refractivity contribution < 1.29 is 9.53 Å². The average molecular weight is 357 g/mol. The van der Waals surface area contributed by atoms with Crippen LogP contribution in [0, 0.1) is 6.92 Å². The number of aromatic nitrogens is 4. The molecule has 1 aromatic carbocycles. The van der Waals surface area contributed by atoms with E-state index in [1.807, 2.05) is 42.6 Å². The Kier molecular flexibility index (Phi) is 5.39. The van der Waals surface area contributed by atoms with Crippen LogP contribution in [0.2, 0.25) is 0 Å². The lowest BCUT2D eigenvalue weighted by Gasteiger charge is -2.11. The number of carbonyl (C=O) groups excluding carboxylic acids is 1. The van der Waals surface area contributed by atoms with Crippen molar-refractivity contribution in [2.45, 2.75) is 33.0 Å². The first kappa shape index (κ1) is 17.1. The van der Waals surface area contributed by atoms with Gasteiger partial charge in [-0.3, -0.25) is 4.79 Å². The molecule has 2 aromatic heterocycles. The number of carbonyl (C=O) groups is 1. The number of nitrogens with zero attached hydrogens (tertiary/aromatic N) is 4. The van der Waals surface area contributed by atoms with Crippen LogP contribution in [0.5, 0.6) is 5.75 Å². The molecule has 0 spiro atoms. The van der Waals surface area contributed by atoms with E-state index in [1.165, 1.54) is 4.68 Å². The third-order valence-corrected chi connectivity index (χ3v) is 4.40. The molecule has 0 aliphatic rings. The summed E-state index contributed by atoms with van der Waals surface area (Å²) in [5, 5.41) is 13.9. The fourth-order valence-electron chi connectivity index (χ4n) is 2.18. The Balaban J connectivity index is 1.52. The molecule has 3 rings (SSSR count). The van der Waals surface area contributed by atoms with Crippen LogP contribution >= 0.6 is 11.3 Å². The molecule has 0 radical (unpaired) electrons. The standard InChI is InChI=1S/C17H19N5O2S/c1-12(17(23)18-8-14-11-25-13(2)19-14)22-9-15(20-21-22)10-24-16-6-4-3-5-7-16/h3-7,9,11-12H,8,10H2,1-2H3,(H,18,23)/t12-/m1/s1. The summed E-state index contributed by atoms with van der Waals surface area (Å²) in [6, 6.07) is 9.03. The van der Waals surface area contributed by atoms with E-state index in [1.54, 1.807) is 24.5 Å². The van der Waals surface area contributed by atoms with Gasteiger partial charge in [0.25, 0.3) is 0 Å². The Labute approximate surface area is 149 Å². The van der Waals surface area contributed by atoms with Crippen molar-refractivity contribution in [2.24, 2.45) is 0 Å². The lowest BCUT2D eigenvalue weighted by Crippen LogP contribution is -2.31. The monoisotopic (exact) mass is 357 g/mol. The number of aryl methyl sites for hydroxylation is 1. The molecule has 0 saturated carbocycles. The van der Waals surface area contributed by atoms with Crippen LogP contribution in [-0.4, -0.2) is 25.9 Å². The lowest BCUT2D eigenvalue weighted by atomic mass is 10.3. The molecule has 2 heterocycles. The molecule has 25 heavy (non-hydrogen) atoms. The molecule has 1 atom stereocenters. The number of hydrogen-bond acceptors (Lipinski definition) is 6.